The van der Waals surface area contributed by atoms with Crippen LogP contribution in [-0.4, -0.2) is 42.4 Å². The number of carbonyl (C=O) groups is 2. The molecule has 29 heavy (non-hydrogen) atoms. The summed E-state index contributed by atoms with van der Waals surface area (Å²) in [6.45, 7) is 1.86. The number of carbonyl (C=O) groups excluding carboxylic acids is 2. The predicted octanol–water partition coefficient (Wildman–Crippen LogP) is 1.39. The van der Waals surface area contributed by atoms with Crippen molar-refractivity contribution in [2.24, 2.45) is 5.92 Å². The number of likely N-dealkylation sites (tertiary alicyclic amines) is 1. The quantitative estimate of drug-likeness (QED) is 0.557. The van der Waals surface area contributed by atoms with Crippen LogP contribution in [0.5, 0.6) is 0 Å². The minimum absolute atomic E-state index is 0.263. The molecule has 1 fully saturated rings. The summed E-state index contributed by atoms with van der Waals surface area (Å²) in [5, 5.41) is 16.8. The van der Waals surface area contributed by atoms with Crippen LogP contribution >= 0.6 is 0 Å². The van der Waals surface area contributed by atoms with Crippen LogP contribution in [0.3, 0.4) is 0 Å². The molecule has 10 heteroatoms. The first kappa shape index (κ1) is 18.5. The van der Waals surface area contributed by atoms with E-state index in [1.807, 2.05) is 37.3 Å². The predicted molar refractivity (Wildman–Crippen MR) is 103 cm³/mol. The number of hydrogen-bond acceptors (Lipinski definition) is 7. The van der Waals surface area contributed by atoms with Crippen molar-refractivity contribution in [3.8, 4) is 0 Å². The summed E-state index contributed by atoms with van der Waals surface area (Å²) in [4.78, 5) is 30.8. The van der Waals surface area contributed by atoms with Gasteiger partial charge in [0.05, 0.1) is 12.0 Å². The van der Waals surface area contributed by atoms with E-state index < -0.39 is 18.0 Å². The van der Waals surface area contributed by atoms with Gasteiger partial charge in [0.1, 0.15) is 11.9 Å². The second-order valence-corrected chi connectivity index (χ2v) is 6.90. The number of hydrogen-bond donors (Lipinski definition) is 3. The number of nitrogens with one attached hydrogen (secondary N) is 2. The molecule has 1 saturated heterocycles. The van der Waals surface area contributed by atoms with E-state index in [-0.39, 0.29) is 11.9 Å². The number of tetrazole rings is 1. The molecule has 3 atom stereocenters. The summed E-state index contributed by atoms with van der Waals surface area (Å²) in [5.41, 5.74) is 7.52. The molecule has 1 aliphatic heterocycles. The average molecular weight is 392 g/mol. The Morgan fingerprint density at radius 2 is 2.10 bits per heavy atom. The Morgan fingerprint density at radius 1 is 1.31 bits per heavy atom. The van der Waals surface area contributed by atoms with E-state index >= 15 is 0 Å². The lowest BCUT2D eigenvalue weighted by atomic mass is 9.82. The SMILES string of the molecule is C[C@@H](NC(=O)N1C(=O)[C@H](Cc2ccnc(N)c2)[C@H]1c1nn[nH]n1)c1ccccc1. The molecular formula is C19H20N8O2. The lowest BCUT2D eigenvalue weighted by molar-refractivity contribution is -0.151. The molecule has 148 valence electrons. The molecule has 3 amide bonds. The van der Waals surface area contributed by atoms with Crippen molar-refractivity contribution in [3.63, 3.8) is 0 Å². The molecule has 10 nitrogen and oxygen atoms in total. The molecule has 4 rings (SSSR count). The van der Waals surface area contributed by atoms with E-state index in [1.165, 1.54) is 0 Å². The number of pyridine rings is 1. The summed E-state index contributed by atoms with van der Waals surface area (Å²) < 4.78 is 0. The van der Waals surface area contributed by atoms with Gasteiger partial charge in [-0.1, -0.05) is 35.5 Å². The number of nitrogens with zero attached hydrogens (tertiary/aromatic N) is 5. The number of nitrogens with two attached hydrogens (primary N) is 1. The number of urea groups is 1. The Morgan fingerprint density at radius 3 is 2.79 bits per heavy atom. The lowest BCUT2D eigenvalue weighted by Gasteiger charge is -2.44. The van der Waals surface area contributed by atoms with Crippen molar-refractivity contribution in [3.05, 3.63) is 65.6 Å². The first-order chi connectivity index (χ1) is 14.0. The van der Waals surface area contributed by atoms with E-state index in [0.29, 0.717) is 18.1 Å². The number of β-lactam (4-membered cyclic amide) rings is 1. The zero-order chi connectivity index (χ0) is 20.4. The summed E-state index contributed by atoms with van der Waals surface area (Å²) in [5.74, 6) is -0.129. The van der Waals surface area contributed by atoms with Crippen LogP contribution in [0, 0.1) is 5.92 Å². The van der Waals surface area contributed by atoms with E-state index in [0.717, 1.165) is 16.0 Å². The van der Waals surface area contributed by atoms with Gasteiger partial charge in [-0.2, -0.15) is 5.21 Å². The Hall–Kier alpha value is -3.82. The summed E-state index contributed by atoms with van der Waals surface area (Å²) in [7, 11) is 0. The normalized spacial score (nSPS) is 19.5. The summed E-state index contributed by atoms with van der Waals surface area (Å²) >= 11 is 0. The smallest absolute Gasteiger partial charge is 0.325 e. The van der Waals surface area contributed by atoms with Crippen LogP contribution in [0.25, 0.3) is 0 Å². The zero-order valence-electron chi connectivity index (χ0n) is 15.7. The van der Waals surface area contributed by atoms with Gasteiger partial charge in [-0.3, -0.25) is 9.69 Å². The fourth-order valence-electron chi connectivity index (χ4n) is 3.52. The van der Waals surface area contributed by atoms with Gasteiger partial charge in [0.15, 0.2) is 5.82 Å². The molecule has 2 aromatic heterocycles. The fourth-order valence-corrected chi connectivity index (χ4v) is 3.52. The number of amides is 3. The Bertz CT molecular complexity index is 1010. The van der Waals surface area contributed by atoms with Crippen molar-refractivity contribution in [2.75, 3.05) is 5.73 Å². The number of anilines is 1. The molecule has 3 aromatic rings. The Labute approximate surface area is 166 Å². The van der Waals surface area contributed by atoms with Crippen molar-refractivity contribution in [1.29, 1.82) is 0 Å². The number of benzene rings is 1. The third-order valence-corrected chi connectivity index (χ3v) is 5.00. The molecule has 0 aliphatic carbocycles. The summed E-state index contributed by atoms with van der Waals surface area (Å²) in [6, 6.07) is 11.6. The summed E-state index contributed by atoms with van der Waals surface area (Å²) in [6.07, 6.45) is 1.98. The van der Waals surface area contributed by atoms with Crippen molar-refractivity contribution in [2.45, 2.75) is 25.4 Å². The molecular weight excluding hydrogens is 372 g/mol. The second-order valence-electron chi connectivity index (χ2n) is 6.90. The topological polar surface area (TPSA) is 143 Å². The van der Waals surface area contributed by atoms with Gasteiger partial charge in [-0.15, -0.1) is 10.2 Å². The average Bonchev–Trinajstić information content (AvgIpc) is 3.24. The van der Waals surface area contributed by atoms with E-state index in [9.17, 15) is 9.59 Å². The standard InChI is InChI=1S/C19H20N8O2/c1-11(13-5-3-2-4-6-13)22-19(29)27-16(17-23-25-26-24-17)14(18(27)28)9-12-7-8-21-15(20)10-12/h2-8,10-11,14,16H,9H2,1H3,(H2,20,21)(H,22,29)(H,23,24,25,26)/t11-,14-,16+/m1/s1. The molecule has 3 heterocycles. The maximum absolute atomic E-state index is 12.9. The van der Waals surface area contributed by atoms with Gasteiger partial charge < -0.3 is 11.1 Å². The van der Waals surface area contributed by atoms with Gasteiger partial charge in [-0.05, 0) is 36.6 Å². The highest BCUT2D eigenvalue weighted by Crippen LogP contribution is 2.40. The first-order valence-electron chi connectivity index (χ1n) is 9.17. The highest BCUT2D eigenvalue weighted by atomic mass is 16.2. The maximum Gasteiger partial charge on any atom is 0.325 e. The maximum atomic E-state index is 12.9. The van der Waals surface area contributed by atoms with Crippen molar-refractivity contribution in [1.82, 2.24) is 35.8 Å². The van der Waals surface area contributed by atoms with Gasteiger partial charge >= 0.3 is 6.03 Å². The van der Waals surface area contributed by atoms with Crippen LogP contribution in [0.15, 0.2) is 48.7 Å². The second kappa shape index (κ2) is 7.66. The molecule has 1 aromatic carbocycles. The fraction of sp³-hybridized carbons (Fsp3) is 0.263. The Balaban J connectivity index is 1.53. The number of imide groups is 1. The third kappa shape index (κ3) is 3.64. The third-order valence-electron chi connectivity index (χ3n) is 5.00. The number of rotatable bonds is 5. The lowest BCUT2D eigenvalue weighted by Crippen LogP contribution is -2.61. The van der Waals surface area contributed by atoms with Crippen molar-refractivity contribution >= 4 is 17.8 Å². The molecule has 0 spiro atoms. The zero-order valence-corrected chi connectivity index (χ0v) is 15.7. The molecule has 4 N–H and O–H groups in total. The largest absolute Gasteiger partial charge is 0.384 e. The van der Waals surface area contributed by atoms with Gasteiger partial charge in [-0.25, -0.2) is 9.78 Å². The number of nitrogen functional groups attached to an aromatic ring is 1. The number of H-pyrrole nitrogens is 1. The van der Waals surface area contributed by atoms with E-state index in [2.05, 4.69) is 30.9 Å². The van der Waals surface area contributed by atoms with Gasteiger partial charge in [0.25, 0.3) is 0 Å². The molecule has 0 radical (unpaired) electrons. The van der Waals surface area contributed by atoms with Crippen LogP contribution in [0.4, 0.5) is 10.6 Å². The monoisotopic (exact) mass is 392 g/mol. The highest BCUT2D eigenvalue weighted by Gasteiger charge is 2.53. The highest BCUT2D eigenvalue weighted by molar-refractivity contribution is 6.01. The number of aromatic amines is 1. The molecule has 0 unspecified atom stereocenters. The molecule has 0 saturated carbocycles. The van der Waals surface area contributed by atoms with Crippen molar-refractivity contribution < 1.29 is 9.59 Å². The van der Waals surface area contributed by atoms with E-state index in [4.69, 9.17) is 5.73 Å². The van der Waals surface area contributed by atoms with Crippen LogP contribution in [-0.2, 0) is 11.2 Å². The minimum Gasteiger partial charge on any atom is -0.384 e. The van der Waals surface area contributed by atoms with E-state index in [1.54, 1.807) is 18.3 Å². The minimum atomic E-state index is -0.612. The molecule has 0 bridgehead atoms. The van der Waals surface area contributed by atoms with Crippen LogP contribution in [0.1, 0.15) is 36.0 Å². The van der Waals surface area contributed by atoms with Crippen LogP contribution < -0.4 is 11.1 Å². The Kier molecular flexibility index (Phi) is 4.90. The first-order valence-corrected chi connectivity index (χ1v) is 9.17. The van der Waals surface area contributed by atoms with Crippen LogP contribution in [0.2, 0.25) is 0 Å². The molecule has 1 aliphatic rings. The van der Waals surface area contributed by atoms with Gasteiger partial charge in [0, 0.05) is 6.20 Å². The van der Waals surface area contributed by atoms with Gasteiger partial charge in [0.2, 0.25) is 5.91 Å². The number of aromatic nitrogens is 5.